The molecule has 0 saturated heterocycles. The first-order valence-corrected chi connectivity index (χ1v) is 6.56. The second-order valence-electron chi connectivity index (χ2n) is 4.89. The topological polar surface area (TPSA) is 29.5 Å². The Kier molecular flexibility index (Phi) is 9.10. The minimum atomic E-state index is -0.0353. The third-order valence-corrected chi connectivity index (χ3v) is 2.68. The van der Waals surface area contributed by atoms with Crippen LogP contribution in [-0.2, 0) is 4.74 Å². The van der Waals surface area contributed by atoms with Gasteiger partial charge in [0.15, 0.2) is 0 Å². The molecule has 0 aliphatic carbocycles. The average Bonchev–Trinajstić information content (AvgIpc) is 2.25. The van der Waals surface area contributed by atoms with Crippen molar-refractivity contribution in [2.75, 3.05) is 6.61 Å². The van der Waals surface area contributed by atoms with Crippen LogP contribution in [0.25, 0.3) is 0 Å². The summed E-state index contributed by atoms with van der Waals surface area (Å²) in [6.07, 6.45) is 7.47. The summed E-state index contributed by atoms with van der Waals surface area (Å²) in [7, 11) is 0. The van der Waals surface area contributed by atoms with Gasteiger partial charge < -0.3 is 9.84 Å². The maximum absolute atomic E-state index is 9.06. The molecule has 0 fully saturated rings. The van der Waals surface area contributed by atoms with E-state index in [2.05, 4.69) is 32.9 Å². The van der Waals surface area contributed by atoms with Gasteiger partial charge in [-0.2, -0.15) is 0 Å². The van der Waals surface area contributed by atoms with Gasteiger partial charge in [-0.25, -0.2) is 0 Å². The van der Waals surface area contributed by atoms with Crippen molar-refractivity contribution in [2.24, 2.45) is 0 Å². The molecule has 0 aromatic heterocycles. The van der Waals surface area contributed by atoms with Crippen LogP contribution in [0.3, 0.4) is 0 Å². The number of allylic oxidation sites excluding steroid dienone is 3. The number of rotatable bonds is 8. The second kappa shape index (κ2) is 9.43. The first-order valence-electron chi connectivity index (χ1n) is 6.56. The Bertz CT molecular complexity index is 246. The van der Waals surface area contributed by atoms with Crippen molar-refractivity contribution in [3.63, 3.8) is 0 Å². The zero-order valence-electron chi connectivity index (χ0n) is 12.0. The van der Waals surface area contributed by atoms with Crippen molar-refractivity contribution in [3.8, 4) is 0 Å². The molecule has 0 spiro atoms. The third-order valence-electron chi connectivity index (χ3n) is 2.68. The van der Waals surface area contributed by atoms with Gasteiger partial charge in [-0.15, -0.1) is 0 Å². The summed E-state index contributed by atoms with van der Waals surface area (Å²) in [5.41, 5.74) is 2.72. The maximum Gasteiger partial charge on any atom is 0.0811 e. The lowest BCUT2D eigenvalue weighted by molar-refractivity contribution is -0.0131. The fraction of sp³-hybridized carbons (Fsp3) is 0.733. The molecule has 2 atom stereocenters. The molecular weight excluding hydrogens is 212 g/mol. The highest BCUT2D eigenvalue weighted by Crippen LogP contribution is 2.11. The Labute approximate surface area is 106 Å². The first-order chi connectivity index (χ1) is 7.99. The molecule has 0 aromatic rings. The standard InChI is InChI=1S/C15H28O2/c1-6-15(11-16)17-14(5)10-13(4)9-7-8-12(2)3/h8,10,14-16H,6-7,9,11H2,1-5H3/b13-10+. The van der Waals surface area contributed by atoms with E-state index in [1.54, 1.807) is 0 Å². The predicted molar refractivity (Wildman–Crippen MR) is 74.1 cm³/mol. The summed E-state index contributed by atoms with van der Waals surface area (Å²) < 4.78 is 5.71. The molecule has 0 aromatic carbocycles. The molecule has 17 heavy (non-hydrogen) atoms. The van der Waals surface area contributed by atoms with Gasteiger partial charge >= 0.3 is 0 Å². The number of ether oxygens (including phenoxy) is 1. The van der Waals surface area contributed by atoms with Crippen molar-refractivity contribution in [1.82, 2.24) is 0 Å². The van der Waals surface area contributed by atoms with E-state index < -0.39 is 0 Å². The van der Waals surface area contributed by atoms with Gasteiger partial charge in [0.2, 0.25) is 0 Å². The average molecular weight is 240 g/mol. The molecule has 0 rings (SSSR count). The normalized spacial score (nSPS) is 15.5. The highest BCUT2D eigenvalue weighted by molar-refractivity contribution is 5.04. The number of hydrogen-bond donors (Lipinski definition) is 1. The van der Waals surface area contributed by atoms with Crippen molar-refractivity contribution < 1.29 is 9.84 Å². The molecule has 2 heteroatoms. The lowest BCUT2D eigenvalue weighted by Gasteiger charge is -2.17. The van der Waals surface area contributed by atoms with Gasteiger partial charge in [-0.1, -0.05) is 30.2 Å². The molecule has 0 heterocycles. The minimum Gasteiger partial charge on any atom is -0.394 e. The van der Waals surface area contributed by atoms with Crippen LogP contribution in [-0.4, -0.2) is 23.9 Å². The Hall–Kier alpha value is -0.600. The fourth-order valence-electron chi connectivity index (χ4n) is 1.68. The number of hydrogen-bond acceptors (Lipinski definition) is 2. The number of aliphatic hydroxyl groups is 1. The Balaban J connectivity index is 4.05. The van der Waals surface area contributed by atoms with E-state index in [-0.39, 0.29) is 18.8 Å². The summed E-state index contributed by atoms with van der Waals surface area (Å²) in [5.74, 6) is 0. The monoisotopic (exact) mass is 240 g/mol. The summed E-state index contributed by atoms with van der Waals surface area (Å²) in [6.45, 7) is 10.5. The lowest BCUT2D eigenvalue weighted by atomic mass is 10.1. The van der Waals surface area contributed by atoms with E-state index in [0.29, 0.717) is 0 Å². The Morgan fingerprint density at radius 2 is 1.94 bits per heavy atom. The van der Waals surface area contributed by atoms with Crippen LogP contribution >= 0.6 is 0 Å². The van der Waals surface area contributed by atoms with Gasteiger partial charge in [0.05, 0.1) is 18.8 Å². The molecular formula is C15H28O2. The van der Waals surface area contributed by atoms with Crippen molar-refractivity contribution in [2.45, 2.75) is 66.1 Å². The molecule has 2 unspecified atom stereocenters. The Morgan fingerprint density at radius 1 is 1.29 bits per heavy atom. The van der Waals surface area contributed by atoms with E-state index in [9.17, 15) is 0 Å². The zero-order valence-corrected chi connectivity index (χ0v) is 12.0. The largest absolute Gasteiger partial charge is 0.394 e. The third kappa shape index (κ3) is 9.13. The van der Waals surface area contributed by atoms with Gasteiger partial charge in [0.1, 0.15) is 0 Å². The summed E-state index contributed by atoms with van der Waals surface area (Å²) >= 11 is 0. The molecule has 100 valence electrons. The quantitative estimate of drug-likeness (QED) is 0.653. The molecule has 0 aliphatic rings. The summed E-state index contributed by atoms with van der Waals surface area (Å²) in [4.78, 5) is 0. The van der Waals surface area contributed by atoms with Crippen molar-refractivity contribution in [3.05, 3.63) is 23.3 Å². The fourth-order valence-corrected chi connectivity index (χ4v) is 1.68. The van der Waals surface area contributed by atoms with Crippen LogP contribution in [0.1, 0.15) is 53.9 Å². The predicted octanol–water partition coefficient (Wildman–Crippen LogP) is 3.86. The molecule has 0 aliphatic heterocycles. The van der Waals surface area contributed by atoms with Crippen LogP contribution < -0.4 is 0 Å². The summed E-state index contributed by atoms with van der Waals surface area (Å²) in [6, 6.07) is 0. The van der Waals surface area contributed by atoms with Crippen LogP contribution in [0.2, 0.25) is 0 Å². The molecule has 0 radical (unpaired) electrons. The van der Waals surface area contributed by atoms with Crippen LogP contribution in [0, 0.1) is 0 Å². The molecule has 0 bridgehead atoms. The van der Waals surface area contributed by atoms with Crippen molar-refractivity contribution >= 4 is 0 Å². The minimum absolute atomic E-state index is 0.0353. The Morgan fingerprint density at radius 3 is 2.41 bits per heavy atom. The zero-order chi connectivity index (χ0) is 13.3. The second-order valence-corrected chi connectivity index (χ2v) is 4.89. The summed E-state index contributed by atoms with van der Waals surface area (Å²) in [5, 5.41) is 9.06. The van der Waals surface area contributed by atoms with E-state index in [0.717, 1.165) is 19.3 Å². The smallest absolute Gasteiger partial charge is 0.0811 e. The maximum atomic E-state index is 9.06. The van der Waals surface area contributed by atoms with Gasteiger partial charge in [-0.3, -0.25) is 0 Å². The lowest BCUT2D eigenvalue weighted by Crippen LogP contribution is -2.21. The van der Waals surface area contributed by atoms with Crippen LogP contribution in [0.15, 0.2) is 23.3 Å². The van der Waals surface area contributed by atoms with E-state index in [4.69, 9.17) is 9.84 Å². The molecule has 2 nitrogen and oxygen atoms in total. The van der Waals surface area contributed by atoms with Crippen molar-refractivity contribution in [1.29, 1.82) is 0 Å². The van der Waals surface area contributed by atoms with Gasteiger partial charge in [0, 0.05) is 0 Å². The van der Waals surface area contributed by atoms with E-state index in [1.807, 2.05) is 13.8 Å². The first kappa shape index (κ1) is 16.4. The SMILES string of the molecule is CCC(CO)OC(C)/C=C(\C)CCC=C(C)C. The molecule has 0 saturated carbocycles. The highest BCUT2D eigenvalue weighted by Gasteiger charge is 2.08. The van der Waals surface area contributed by atoms with Gasteiger partial charge in [0.25, 0.3) is 0 Å². The van der Waals surface area contributed by atoms with E-state index in [1.165, 1.54) is 11.1 Å². The van der Waals surface area contributed by atoms with Crippen LogP contribution in [0.5, 0.6) is 0 Å². The van der Waals surface area contributed by atoms with Crippen LogP contribution in [0.4, 0.5) is 0 Å². The molecule has 0 amide bonds. The van der Waals surface area contributed by atoms with E-state index >= 15 is 0 Å². The molecule has 1 N–H and O–H groups in total. The highest BCUT2D eigenvalue weighted by atomic mass is 16.5. The number of aliphatic hydroxyl groups excluding tert-OH is 1. The van der Waals surface area contributed by atoms with Gasteiger partial charge in [-0.05, 0) is 47.0 Å².